The fraction of sp³-hybridized carbons (Fsp3) is 0.111. The molecule has 0 radical (unpaired) electrons. The van der Waals surface area contributed by atoms with Gasteiger partial charge in [-0.1, -0.05) is 41.9 Å². The molecule has 122 valence electrons. The molecule has 0 atom stereocenters. The second-order valence-corrected chi connectivity index (χ2v) is 7.44. The van der Waals surface area contributed by atoms with Gasteiger partial charge in [0.1, 0.15) is 0 Å². The molecule has 3 nitrogen and oxygen atoms in total. The van der Waals surface area contributed by atoms with Crippen LogP contribution in [0, 0.1) is 0 Å². The molecule has 2 aromatic carbocycles. The van der Waals surface area contributed by atoms with Gasteiger partial charge in [0.15, 0.2) is 5.13 Å². The Morgan fingerprint density at radius 2 is 1.88 bits per heavy atom. The van der Waals surface area contributed by atoms with Gasteiger partial charge in [0.05, 0.1) is 12.1 Å². The topological polar surface area (TPSA) is 42.0 Å². The van der Waals surface area contributed by atoms with Crippen molar-refractivity contribution in [1.29, 1.82) is 0 Å². The lowest BCUT2D eigenvalue weighted by Gasteiger charge is -2.02. The minimum absolute atomic E-state index is 0.0751. The molecule has 0 aliphatic carbocycles. The monoisotopic (exact) mass is 374 g/mol. The molecule has 6 heteroatoms. The number of hydrogen-bond donors (Lipinski definition) is 1. The van der Waals surface area contributed by atoms with Crippen LogP contribution in [0.1, 0.15) is 11.3 Å². The van der Waals surface area contributed by atoms with Crippen molar-refractivity contribution >= 4 is 45.7 Å². The van der Waals surface area contributed by atoms with Crippen molar-refractivity contribution in [3.8, 4) is 0 Å². The Bertz CT molecular complexity index is 803. The molecule has 1 N–H and O–H groups in total. The zero-order chi connectivity index (χ0) is 16.8. The van der Waals surface area contributed by atoms with Gasteiger partial charge < -0.3 is 5.32 Å². The molecular formula is C18H15ClN2OS2. The van der Waals surface area contributed by atoms with E-state index in [1.165, 1.54) is 16.2 Å². The van der Waals surface area contributed by atoms with Crippen molar-refractivity contribution < 1.29 is 4.79 Å². The fourth-order valence-electron chi connectivity index (χ4n) is 2.06. The molecule has 0 fully saturated rings. The summed E-state index contributed by atoms with van der Waals surface area (Å²) in [6.45, 7) is 0. The average molecular weight is 375 g/mol. The highest BCUT2D eigenvalue weighted by Crippen LogP contribution is 2.25. The van der Waals surface area contributed by atoms with Crippen LogP contribution in [0.3, 0.4) is 0 Å². The summed E-state index contributed by atoms with van der Waals surface area (Å²) in [5.41, 5.74) is 1.89. The Kier molecular flexibility index (Phi) is 5.91. The Balaban J connectivity index is 1.51. The number of amides is 1. The molecule has 3 aromatic rings. The zero-order valence-electron chi connectivity index (χ0n) is 12.7. The van der Waals surface area contributed by atoms with Crippen LogP contribution in [-0.2, 0) is 17.0 Å². The maximum absolute atomic E-state index is 12.1. The second-order valence-electron chi connectivity index (χ2n) is 5.10. The molecule has 0 bridgehead atoms. The first-order chi connectivity index (χ1) is 11.7. The summed E-state index contributed by atoms with van der Waals surface area (Å²) in [5.74, 6) is 0.710. The summed E-state index contributed by atoms with van der Waals surface area (Å²) in [5, 5.41) is 6.13. The van der Waals surface area contributed by atoms with Crippen molar-refractivity contribution in [2.75, 3.05) is 5.32 Å². The molecule has 3 rings (SSSR count). The Morgan fingerprint density at radius 1 is 1.12 bits per heavy atom. The first-order valence-electron chi connectivity index (χ1n) is 7.35. The maximum Gasteiger partial charge on any atom is 0.230 e. The normalized spacial score (nSPS) is 10.5. The predicted molar refractivity (Wildman–Crippen MR) is 102 cm³/mol. The number of thioether (sulfide) groups is 1. The van der Waals surface area contributed by atoms with E-state index in [4.69, 9.17) is 11.6 Å². The Morgan fingerprint density at radius 3 is 2.62 bits per heavy atom. The molecule has 1 heterocycles. The van der Waals surface area contributed by atoms with E-state index >= 15 is 0 Å². The number of benzene rings is 2. The van der Waals surface area contributed by atoms with Gasteiger partial charge in [-0.3, -0.25) is 4.79 Å². The van der Waals surface area contributed by atoms with Gasteiger partial charge in [-0.25, -0.2) is 4.98 Å². The third kappa shape index (κ3) is 5.09. The molecule has 0 aliphatic rings. The number of anilines is 1. The van der Waals surface area contributed by atoms with Gasteiger partial charge in [0, 0.05) is 21.1 Å². The Hall–Kier alpha value is -1.82. The van der Waals surface area contributed by atoms with Crippen molar-refractivity contribution in [3.05, 3.63) is 76.3 Å². The van der Waals surface area contributed by atoms with E-state index in [1.807, 2.05) is 35.7 Å². The van der Waals surface area contributed by atoms with E-state index in [0.717, 1.165) is 17.0 Å². The lowest BCUT2D eigenvalue weighted by atomic mass is 10.1. The average Bonchev–Trinajstić information content (AvgIpc) is 3.03. The number of hydrogen-bond acceptors (Lipinski definition) is 4. The van der Waals surface area contributed by atoms with Gasteiger partial charge >= 0.3 is 0 Å². The predicted octanol–water partition coefficient (Wildman–Crippen LogP) is 5.27. The van der Waals surface area contributed by atoms with E-state index in [9.17, 15) is 4.79 Å². The van der Waals surface area contributed by atoms with Gasteiger partial charge in [0.2, 0.25) is 5.91 Å². The molecule has 0 saturated carbocycles. The molecule has 1 amide bonds. The summed E-state index contributed by atoms with van der Waals surface area (Å²) in [7, 11) is 0. The number of halogens is 1. The molecule has 0 aliphatic heterocycles. The van der Waals surface area contributed by atoms with E-state index in [2.05, 4.69) is 22.4 Å². The molecule has 0 unspecified atom stereocenters. The number of carbonyl (C=O) groups is 1. The molecule has 0 saturated heterocycles. The minimum Gasteiger partial charge on any atom is -0.302 e. The maximum atomic E-state index is 12.1. The van der Waals surface area contributed by atoms with E-state index < -0.39 is 0 Å². The number of nitrogens with one attached hydrogen (secondary N) is 1. The largest absolute Gasteiger partial charge is 0.302 e. The first kappa shape index (κ1) is 17.0. The second kappa shape index (κ2) is 8.33. The third-order valence-electron chi connectivity index (χ3n) is 3.21. The highest BCUT2D eigenvalue weighted by Gasteiger charge is 2.08. The van der Waals surface area contributed by atoms with Gasteiger partial charge in [-0.2, -0.15) is 0 Å². The number of thiazole rings is 1. The van der Waals surface area contributed by atoms with Gasteiger partial charge in [-0.15, -0.1) is 23.1 Å². The summed E-state index contributed by atoms with van der Waals surface area (Å²) in [4.78, 5) is 17.7. The van der Waals surface area contributed by atoms with Crippen LogP contribution in [0.25, 0.3) is 0 Å². The van der Waals surface area contributed by atoms with Gasteiger partial charge in [0.25, 0.3) is 0 Å². The number of rotatable bonds is 6. The van der Waals surface area contributed by atoms with Crippen molar-refractivity contribution in [2.45, 2.75) is 17.1 Å². The summed E-state index contributed by atoms with van der Waals surface area (Å²) in [6.07, 6.45) is 0.310. The van der Waals surface area contributed by atoms with Crippen molar-refractivity contribution in [1.82, 2.24) is 4.98 Å². The van der Waals surface area contributed by atoms with Crippen LogP contribution >= 0.6 is 34.7 Å². The van der Waals surface area contributed by atoms with E-state index in [0.29, 0.717) is 16.6 Å². The minimum atomic E-state index is -0.0751. The van der Waals surface area contributed by atoms with Crippen LogP contribution < -0.4 is 5.32 Å². The van der Waals surface area contributed by atoms with Crippen molar-refractivity contribution in [2.24, 2.45) is 0 Å². The summed E-state index contributed by atoms with van der Waals surface area (Å²) in [6, 6.07) is 17.5. The van der Waals surface area contributed by atoms with Crippen molar-refractivity contribution in [3.63, 3.8) is 0 Å². The molecule has 0 spiro atoms. The smallest absolute Gasteiger partial charge is 0.230 e. The first-order valence-corrected chi connectivity index (χ1v) is 9.60. The number of aromatic nitrogens is 1. The van der Waals surface area contributed by atoms with Crippen LogP contribution in [-0.4, -0.2) is 10.9 Å². The summed E-state index contributed by atoms with van der Waals surface area (Å²) < 4.78 is 0. The van der Waals surface area contributed by atoms with E-state index in [1.54, 1.807) is 23.9 Å². The zero-order valence-corrected chi connectivity index (χ0v) is 15.1. The van der Waals surface area contributed by atoms with Crippen LogP contribution in [0.2, 0.25) is 5.02 Å². The van der Waals surface area contributed by atoms with E-state index in [-0.39, 0.29) is 5.91 Å². The standard InChI is InChI=1S/C18H15ClN2OS2/c19-14-8-6-13(7-9-14)10-17(22)21-18-20-15(12-24-18)11-23-16-4-2-1-3-5-16/h1-9,12H,10-11H2,(H,20,21,22). The Labute approximate surface area is 154 Å². The van der Waals surface area contributed by atoms with Gasteiger partial charge in [-0.05, 0) is 29.8 Å². The number of nitrogens with zero attached hydrogens (tertiary/aromatic N) is 1. The quantitative estimate of drug-likeness (QED) is 0.597. The SMILES string of the molecule is O=C(Cc1ccc(Cl)cc1)Nc1nc(CSc2ccccc2)cs1. The third-order valence-corrected chi connectivity index (χ3v) is 5.31. The highest BCUT2D eigenvalue weighted by molar-refractivity contribution is 7.98. The van der Waals surface area contributed by atoms with Crippen LogP contribution in [0.15, 0.2) is 64.9 Å². The lowest BCUT2D eigenvalue weighted by molar-refractivity contribution is -0.115. The number of carbonyl (C=O) groups excluding carboxylic acids is 1. The molecule has 1 aromatic heterocycles. The summed E-state index contributed by atoms with van der Waals surface area (Å²) >= 11 is 9.02. The highest BCUT2D eigenvalue weighted by atomic mass is 35.5. The molecular weight excluding hydrogens is 360 g/mol. The lowest BCUT2D eigenvalue weighted by Crippen LogP contribution is -2.14. The molecule has 24 heavy (non-hydrogen) atoms. The van der Waals surface area contributed by atoms with Crippen LogP contribution in [0.4, 0.5) is 5.13 Å². The fourth-order valence-corrected chi connectivity index (χ4v) is 3.83. The van der Waals surface area contributed by atoms with Crippen LogP contribution in [0.5, 0.6) is 0 Å².